The summed E-state index contributed by atoms with van der Waals surface area (Å²) in [6, 6.07) is 27.3. The van der Waals surface area contributed by atoms with Gasteiger partial charge in [0, 0.05) is 5.70 Å². The first-order valence-electron chi connectivity index (χ1n) is 12.3. The van der Waals surface area contributed by atoms with Crippen LogP contribution in [0.1, 0.15) is 54.2 Å². The van der Waals surface area contributed by atoms with Crippen LogP contribution in [0.3, 0.4) is 0 Å². The van der Waals surface area contributed by atoms with E-state index < -0.39 is 0 Å². The minimum atomic E-state index is 0.148. The molecule has 0 aliphatic carbocycles. The summed E-state index contributed by atoms with van der Waals surface area (Å²) in [5.74, 6) is 0. The maximum absolute atomic E-state index is 2.48. The molecule has 0 bridgehead atoms. The second kappa shape index (κ2) is 8.20. The molecule has 0 radical (unpaired) electrons. The minimum Gasteiger partial charge on any atom is -0.409 e. The molecule has 0 saturated carbocycles. The molecule has 4 aromatic rings. The van der Waals surface area contributed by atoms with Crippen molar-refractivity contribution >= 4 is 40.3 Å². The quantitative estimate of drug-likeness (QED) is 0.315. The van der Waals surface area contributed by atoms with Gasteiger partial charge in [-0.2, -0.15) is 0 Å². The molecule has 1 aliphatic heterocycles. The van der Waals surface area contributed by atoms with E-state index >= 15 is 0 Å². The van der Waals surface area contributed by atoms with Gasteiger partial charge in [-0.25, -0.2) is 0 Å². The molecular weight excluding hydrogens is 409 g/mol. The highest BCUT2D eigenvalue weighted by molar-refractivity contribution is 6.85. The molecule has 5 rings (SSSR count). The lowest BCUT2D eigenvalue weighted by atomic mass is 9.44. The SMILES string of the molecule is Cc1cc(C)c(B2c3cc4ccccc4cc3C=C(c3ccc(C(C)(C)C)cc3)N2C)c(C)c1. The number of hydrogen-bond donors (Lipinski definition) is 0. The molecular formula is C32H34BN. The summed E-state index contributed by atoms with van der Waals surface area (Å²) >= 11 is 0. The number of fused-ring (bicyclic) bond motifs is 2. The first-order chi connectivity index (χ1) is 16.1. The van der Waals surface area contributed by atoms with Gasteiger partial charge in [0.1, 0.15) is 0 Å². The van der Waals surface area contributed by atoms with Crippen LogP contribution in [0, 0.1) is 20.8 Å². The zero-order valence-corrected chi connectivity index (χ0v) is 21.5. The van der Waals surface area contributed by atoms with Crippen molar-refractivity contribution in [2.45, 2.75) is 47.0 Å². The molecule has 170 valence electrons. The van der Waals surface area contributed by atoms with Crippen molar-refractivity contribution < 1.29 is 0 Å². The van der Waals surface area contributed by atoms with Gasteiger partial charge in [0.25, 0.3) is 0 Å². The van der Waals surface area contributed by atoms with Gasteiger partial charge >= 0.3 is 6.85 Å². The number of aryl methyl sites for hydroxylation is 3. The second-order valence-corrected chi connectivity index (χ2v) is 11.0. The topological polar surface area (TPSA) is 3.24 Å². The van der Waals surface area contributed by atoms with Crippen LogP contribution < -0.4 is 10.9 Å². The van der Waals surface area contributed by atoms with Crippen LogP contribution in [0.2, 0.25) is 0 Å². The van der Waals surface area contributed by atoms with E-state index in [1.807, 2.05) is 0 Å². The molecule has 0 aromatic heterocycles. The van der Waals surface area contributed by atoms with Crippen LogP contribution in [0.15, 0.2) is 72.8 Å². The Labute approximate surface area is 205 Å². The van der Waals surface area contributed by atoms with Crippen LogP contribution in [-0.2, 0) is 5.41 Å². The van der Waals surface area contributed by atoms with E-state index in [1.165, 1.54) is 60.8 Å². The molecule has 4 aromatic carbocycles. The lowest BCUT2D eigenvalue weighted by molar-refractivity contribution is 0.590. The Bertz CT molecular complexity index is 1400. The highest BCUT2D eigenvalue weighted by Gasteiger charge is 2.35. The van der Waals surface area contributed by atoms with E-state index in [9.17, 15) is 0 Å². The largest absolute Gasteiger partial charge is 0.409 e. The van der Waals surface area contributed by atoms with E-state index in [-0.39, 0.29) is 12.3 Å². The molecule has 1 nitrogen and oxygen atoms in total. The number of rotatable bonds is 2. The summed E-state index contributed by atoms with van der Waals surface area (Å²) in [4.78, 5) is 2.48. The van der Waals surface area contributed by atoms with Gasteiger partial charge in [0.2, 0.25) is 0 Å². The van der Waals surface area contributed by atoms with Crippen LogP contribution in [-0.4, -0.2) is 18.7 Å². The summed E-state index contributed by atoms with van der Waals surface area (Å²) < 4.78 is 0. The van der Waals surface area contributed by atoms with Crippen molar-refractivity contribution in [1.29, 1.82) is 0 Å². The highest BCUT2D eigenvalue weighted by atomic mass is 15.0. The smallest absolute Gasteiger partial charge is 0.324 e. The summed E-state index contributed by atoms with van der Waals surface area (Å²) in [7, 11) is 2.25. The summed E-state index contributed by atoms with van der Waals surface area (Å²) in [5.41, 5.74) is 12.2. The van der Waals surface area contributed by atoms with Crippen molar-refractivity contribution in [3.63, 3.8) is 0 Å². The van der Waals surface area contributed by atoms with Crippen molar-refractivity contribution in [3.05, 3.63) is 106 Å². The molecule has 0 spiro atoms. The van der Waals surface area contributed by atoms with Crippen molar-refractivity contribution in [3.8, 4) is 0 Å². The molecule has 34 heavy (non-hydrogen) atoms. The van der Waals surface area contributed by atoms with Gasteiger partial charge in [-0.1, -0.05) is 104 Å². The Hall–Kier alpha value is -3.26. The third-order valence-corrected chi connectivity index (χ3v) is 7.36. The van der Waals surface area contributed by atoms with Gasteiger partial charge in [0.05, 0.1) is 0 Å². The van der Waals surface area contributed by atoms with Gasteiger partial charge in [-0.15, -0.1) is 0 Å². The maximum Gasteiger partial charge on any atom is 0.324 e. The second-order valence-electron chi connectivity index (χ2n) is 11.0. The standard InChI is InChI=1S/C32H34BN/c1-21-16-22(2)31(23(3)17-21)33-29-19-26-11-9-8-10-25(26)18-27(29)20-30(34(33)7)24-12-14-28(15-13-24)32(4,5)6/h8-20H,1-7H3. The summed E-state index contributed by atoms with van der Waals surface area (Å²) in [6.45, 7) is 13.7. The van der Waals surface area contributed by atoms with Crippen molar-refractivity contribution in [2.75, 3.05) is 7.05 Å². The monoisotopic (exact) mass is 443 g/mol. The first kappa shape index (κ1) is 22.5. The fourth-order valence-electron chi connectivity index (χ4n) is 5.63. The van der Waals surface area contributed by atoms with Crippen LogP contribution in [0.25, 0.3) is 22.5 Å². The number of hydrogen-bond acceptors (Lipinski definition) is 1. The molecule has 0 atom stereocenters. The Morgan fingerprint density at radius 3 is 1.91 bits per heavy atom. The molecule has 0 unspecified atom stereocenters. The average Bonchev–Trinajstić information content (AvgIpc) is 2.78. The molecule has 0 N–H and O–H groups in total. The summed E-state index contributed by atoms with van der Waals surface area (Å²) in [6.07, 6.45) is 2.38. The first-order valence-corrected chi connectivity index (χ1v) is 12.3. The number of nitrogens with zero attached hydrogens (tertiary/aromatic N) is 1. The predicted octanol–water partition coefficient (Wildman–Crippen LogP) is 6.61. The Morgan fingerprint density at radius 2 is 1.32 bits per heavy atom. The van der Waals surface area contributed by atoms with Crippen LogP contribution >= 0.6 is 0 Å². The Kier molecular flexibility index (Phi) is 5.43. The zero-order chi connectivity index (χ0) is 24.2. The minimum absolute atomic E-state index is 0.148. The maximum atomic E-state index is 2.48. The van der Waals surface area contributed by atoms with E-state index in [1.54, 1.807) is 0 Å². The third-order valence-electron chi connectivity index (χ3n) is 7.36. The number of benzene rings is 4. The third kappa shape index (κ3) is 3.86. The van der Waals surface area contributed by atoms with Gasteiger partial charge in [-0.3, -0.25) is 0 Å². The highest BCUT2D eigenvalue weighted by Crippen LogP contribution is 2.31. The van der Waals surface area contributed by atoms with E-state index in [2.05, 4.69) is 132 Å². The molecule has 0 fully saturated rings. The zero-order valence-electron chi connectivity index (χ0n) is 21.5. The fourth-order valence-corrected chi connectivity index (χ4v) is 5.63. The molecule has 0 amide bonds. The molecule has 1 aliphatic rings. The van der Waals surface area contributed by atoms with E-state index in [0.29, 0.717) is 0 Å². The predicted molar refractivity (Wildman–Crippen MR) is 150 cm³/mol. The Balaban J connectivity index is 1.74. The van der Waals surface area contributed by atoms with Gasteiger partial charge < -0.3 is 4.81 Å². The molecule has 0 saturated heterocycles. The average molecular weight is 443 g/mol. The van der Waals surface area contributed by atoms with Crippen LogP contribution in [0.5, 0.6) is 0 Å². The molecule has 2 heteroatoms. The van der Waals surface area contributed by atoms with E-state index in [0.717, 1.165) is 0 Å². The van der Waals surface area contributed by atoms with E-state index in [4.69, 9.17) is 0 Å². The van der Waals surface area contributed by atoms with Gasteiger partial charge in [-0.05, 0) is 83.8 Å². The summed E-state index contributed by atoms with van der Waals surface area (Å²) in [5, 5.41) is 2.59. The van der Waals surface area contributed by atoms with Crippen molar-refractivity contribution in [1.82, 2.24) is 4.81 Å². The fraction of sp³-hybridized carbons (Fsp3) is 0.250. The van der Waals surface area contributed by atoms with Crippen molar-refractivity contribution in [2.24, 2.45) is 0 Å². The van der Waals surface area contributed by atoms with Gasteiger partial charge in [0.15, 0.2) is 0 Å². The van der Waals surface area contributed by atoms with Crippen LogP contribution in [0.4, 0.5) is 0 Å². The lowest BCUT2D eigenvalue weighted by Gasteiger charge is -2.37. The normalized spacial score (nSPS) is 13.8. The lowest BCUT2D eigenvalue weighted by Crippen LogP contribution is -2.58. The molecule has 1 heterocycles. The Morgan fingerprint density at radius 1 is 0.735 bits per heavy atom.